The van der Waals surface area contributed by atoms with Gasteiger partial charge in [-0.3, -0.25) is 4.98 Å². The Hall–Kier alpha value is -0.850. The van der Waals surface area contributed by atoms with Gasteiger partial charge >= 0.3 is 0 Å². The van der Waals surface area contributed by atoms with Crippen LogP contribution < -0.4 is 0 Å². The number of hydrogen-bond donors (Lipinski definition) is 0. The Morgan fingerprint density at radius 1 is 1.16 bits per heavy atom. The van der Waals surface area contributed by atoms with E-state index in [2.05, 4.69) is 31.0 Å². The van der Waals surface area contributed by atoms with Crippen molar-refractivity contribution in [2.24, 2.45) is 5.41 Å². The molecule has 0 aliphatic heterocycles. The van der Waals surface area contributed by atoms with Crippen molar-refractivity contribution in [3.63, 3.8) is 0 Å². The summed E-state index contributed by atoms with van der Waals surface area (Å²) < 4.78 is 0. The van der Waals surface area contributed by atoms with Crippen molar-refractivity contribution >= 4 is 0 Å². The lowest BCUT2D eigenvalue weighted by atomic mass is 9.73. The Morgan fingerprint density at radius 2 is 1.95 bits per heavy atom. The topological polar surface area (TPSA) is 12.9 Å². The third-order valence-electron chi connectivity index (χ3n) is 4.87. The molecule has 0 spiro atoms. The molecule has 0 amide bonds. The van der Waals surface area contributed by atoms with Gasteiger partial charge in [-0.2, -0.15) is 0 Å². The predicted octanol–water partition coefficient (Wildman–Crippen LogP) is 5.72. The molecule has 2 rings (SSSR count). The summed E-state index contributed by atoms with van der Waals surface area (Å²) in [5, 5.41) is 0. The van der Waals surface area contributed by atoms with Gasteiger partial charge < -0.3 is 0 Å². The van der Waals surface area contributed by atoms with E-state index in [1.165, 1.54) is 63.5 Å². The maximum Gasteiger partial charge on any atom is 0.0434 e. The number of pyridine rings is 1. The van der Waals surface area contributed by atoms with Crippen LogP contribution in [0.25, 0.3) is 0 Å². The molecule has 0 radical (unpaired) electrons. The predicted molar refractivity (Wildman–Crippen MR) is 82.3 cm³/mol. The standard InChI is InChI=1S/C18H29N/c1-3-9-16(17-10-5-8-14-19-17)15-18(11-4-2)12-6-7-13-18/h5,8,10,14,16H,3-4,6-7,9,11-13,15H2,1-2H3. The van der Waals surface area contributed by atoms with Gasteiger partial charge in [0.1, 0.15) is 0 Å². The monoisotopic (exact) mass is 259 g/mol. The summed E-state index contributed by atoms with van der Waals surface area (Å²) in [6, 6.07) is 6.41. The van der Waals surface area contributed by atoms with E-state index in [1.54, 1.807) is 0 Å². The fraction of sp³-hybridized carbons (Fsp3) is 0.722. The highest BCUT2D eigenvalue weighted by molar-refractivity contribution is 5.10. The zero-order valence-electron chi connectivity index (χ0n) is 12.7. The largest absolute Gasteiger partial charge is 0.261 e. The van der Waals surface area contributed by atoms with E-state index >= 15 is 0 Å². The molecule has 1 heterocycles. The SMILES string of the molecule is CCCC(CC1(CCC)CCCC1)c1ccccn1. The van der Waals surface area contributed by atoms with Gasteiger partial charge in [-0.25, -0.2) is 0 Å². The van der Waals surface area contributed by atoms with Crippen LogP contribution in [0, 0.1) is 5.41 Å². The number of nitrogens with zero attached hydrogens (tertiary/aromatic N) is 1. The van der Waals surface area contributed by atoms with Crippen LogP contribution in [-0.4, -0.2) is 4.98 Å². The maximum absolute atomic E-state index is 4.63. The summed E-state index contributed by atoms with van der Waals surface area (Å²) in [6.45, 7) is 4.65. The first-order chi connectivity index (χ1) is 9.29. The Morgan fingerprint density at radius 3 is 2.53 bits per heavy atom. The van der Waals surface area contributed by atoms with Crippen molar-refractivity contribution in [2.45, 2.75) is 77.6 Å². The van der Waals surface area contributed by atoms with E-state index in [-0.39, 0.29) is 0 Å². The first kappa shape index (κ1) is 14.6. The van der Waals surface area contributed by atoms with Crippen molar-refractivity contribution in [3.8, 4) is 0 Å². The van der Waals surface area contributed by atoms with E-state index in [0.29, 0.717) is 11.3 Å². The fourth-order valence-electron chi connectivity index (χ4n) is 4.05. The van der Waals surface area contributed by atoms with Crippen LogP contribution in [0.2, 0.25) is 0 Å². The van der Waals surface area contributed by atoms with Gasteiger partial charge in [0, 0.05) is 17.8 Å². The highest BCUT2D eigenvalue weighted by Gasteiger charge is 2.35. The molecule has 0 N–H and O–H groups in total. The number of rotatable bonds is 7. The molecule has 106 valence electrons. The summed E-state index contributed by atoms with van der Waals surface area (Å²) >= 11 is 0. The summed E-state index contributed by atoms with van der Waals surface area (Å²) in [7, 11) is 0. The first-order valence-electron chi connectivity index (χ1n) is 8.20. The Balaban J connectivity index is 2.11. The van der Waals surface area contributed by atoms with Gasteiger partial charge in [0.15, 0.2) is 0 Å². The van der Waals surface area contributed by atoms with Crippen molar-refractivity contribution in [1.29, 1.82) is 0 Å². The lowest BCUT2D eigenvalue weighted by Crippen LogP contribution is -2.20. The molecule has 0 bridgehead atoms. The zero-order chi connectivity index (χ0) is 13.6. The van der Waals surface area contributed by atoms with Crippen molar-refractivity contribution in [3.05, 3.63) is 30.1 Å². The average Bonchev–Trinajstić information content (AvgIpc) is 2.88. The van der Waals surface area contributed by atoms with Crippen molar-refractivity contribution in [1.82, 2.24) is 4.98 Å². The molecule has 1 heteroatoms. The molecular formula is C18H29N. The van der Waals surface area contributed by atoms with Gasteiger partial charge in [-0.15, -0.1) is 0 Å². The zero-order valence-corrected chi connectivity index (χ0v) is 12.7. The molecule has 1 nitrogen and oxygen atoms in total. The Kier molecular flexibility index (Phi) is 5.42. The molecule has 0 aromatic carbocycles. The fourth-order valence-corrected chi connectivity index (χ4v) is 4.05. The van der Waals surface area contributed by atoms with Crippen LogP contribution in [0.4, 0.5) is 0 Å². The van der Waals surface area contributed by atoms with Crippen LogP contribution in [-0.2, 0) is 0 Å². The van der Waals surface area contributed by atoms with Crippen LogP contribution in [0.15, 0.2) is 24.4 Å². The number of hydrogen-bond acceptors (Lipinski definition) is 1. The van der Waals surface area contributed by atoms with E-state index in [9.17, 15) is 0 Å². The van der Waals surface area contributed by atoms with Gasteiger partial charge in [0.05, 0.1) is 0 Å². The molecular weight excluding hydrogens is 230 g/mol. The minimum atomic E-state index is 0.631. The molecule has 1 aromatic rings. The second kappa shape index (κ2) is 7.07. The minimum absolute atomic E-state index is 0.631. The summed E-state index contributed by atoms with van der Waals surface area (Å²) in [4.78, 5) is 4.63. The second-order valence-corrected chi connectivity index (χ2v) is 6.40. The van der Waals surface area contributed by atoms with Gasteiger partial charge in [-0.05, 0) is 49.7 Å². The smallest absolute Gasteiger partial charge is 0.0434 e. The van der Waals surface area contributed by atoms with E-state index in [4.69, 9.17) is 0 Å². The van der Waals surface area contributed by atoms with Crippen LogP contribution >= 0.6 is 0 Å². The molecule has 1 saturated carbocycles. The maximum atomic E-state index is 4.63. The number of aromatic nitrogens is 1. The molecule has 1 atom stereocenters. The summed E-state index contributed by atoms with van der Waals surface area (Å²) in [5.74, 6) is 0.677. The van der Waals surface area contributed by atoms with Gasteiger partial charge in [0.2, 0.25) is 0 Å². The van der Waals surface area contributed by atoms with Crippen LogP contribution in [0.1, 0.15) is 83.2 Å². The van der Waals surface area contributed by atoms with Gasteiger partial charge in [0.25, 0.3) is 0 Å². The molecule has 1 unspecified atom stereocenters. The second-order valence-electron chi connectivity index (χ2n) is 6.40. The molecule has 0 saturated heterocycles. The average molecular weight is 259 g/mol. The van der Waals surface area contributed by atoms with Crippen molar-refractivity contribution < 1.29 is 0 Å². The molecule has 1 fully saturated rings. The lowest BCUT2D eigenvalue weighted by molar-refractivity contribution is 0.219. The Bertz CT molecular complexity index is 351. The lowest BCUT2D eigenvalue weighted by Gasteiger charge is -2.33. The normalized spacial score (nSPS) is 19.5. The summed E-state index contributed by atoms with van der Waals surface area (Å²) in [6.07, 6.45) is 14.4. The Labute approximate surface area is 118 Å². The third kappa shape index (κ3) is 3.81. The molecule has 19 heavy (non-hydrogen) atoms. The molecule has 1 aliphatic carbocycles. The summed E-state index contributed by atoms with van der Waals surface area (Å²) in [5.41, 5.74) is 1.96. The minimum Gasteiger partial charge on any atom is -0.261 e. The van der Waals surface area contributed by atoms with E-state index in [0.717, 1.165) is 0 Å². The first-order valence-corrected chi connectivity index (χ1v) is 8.20. The van der Waals surface area contributed by atoms with E-state index in [1.807, 2.05) is 12.3 Å². The van der Waals surface area contributed by atoms with Crippen LogP contribution in [0.5, 0.6) is 0 Å². The van der Waals surface area contributed by atoms with Gasteiger partial charge in [-0.1, -0.05) is 45.6 Å². The molecule has 1 aliphatic rings. The third-order valence-corrected chi connectivity index (χ3v) is 4.87. The quantitative estimate of drug-likeness (QED) is 0.610. The molecule has 1 aromatic heterocycles. The van der Waals surface area contributed by atoms with Crippen LogP contribution in [0.3, 0.4) is 0 Å². The highest BCUT2D eigenvalue weighted by atomic mass is 14.7. The van der Waals surface area contributed by atoms with E-state index < -0.39 is 0 Å². The highest BCUT2D eigenvalue weighted by Crippen LogP contribution is 2.49. The van der Waals surface area contributed by atoms with Crippen molar-refractivity contribution in [2.75, 3.05) is 0 Å².